The van der Waals surface area contributed by atoms with Gasteiger partial charge in [0, 0.05) is 12.6 Å². The lowest BCUT2D eigenvalue weighted by Crippen LogP contribution is -2.48. The molecule has 1 atom stereocenters. The van der Waals surface area contributed by atoms with Crippen molar-refractivity contribution in [3.05, 3.63) is 0 Å². The second-order valence-electron chi connectivity index (χ2n) is 3.76. The zero-order valence-corrected chi connectivity index (χ0v) is 10.7. The molecule has 1 aliphatic rings. The normalized spacial score (nSPS) is 18.4. The standard InChI is InChI=1S/C5H12N2.2C2HF3O2/c1-7-3-2-5(7)4-6;2*3-2(4,5)1(6)7/h5H,2-4,6H2,1H3;2*(H,6,7)/t5-;;/m0../s1. The Bertz CT molecular complexity index is 318. The number of nitrogens with two attached hydrogens (primary N) is 1. The van der Waals surface area contributed by atoms with E-state index < -0.39 is 24.3 Å². The van der Waals surface area contributed by atoms with E-state index in [-0.39, 0.29) is 0 Å². The van der Waals surface area contributed by atoms with Crippen LogP contribution in [0, 0.1) is 0 Å². The van der Waals surface area contributed by atoms with Gasteiger partial charge in [0.25, 0.3) is 0 Å². The Morgan fingerprint density at radius 2 is 1.38 bits per heavy atom. The van der Waals surface area contributed by atoms with E-state index in [1.165, 1.54) is 13.0 Å². The highest BCUT2D eigenvalue weighted by atomic mass is 19.4. The molecule has 1 saturated heterocycles. The third-order valence-corrected chi connectivity index (χ3v) is 2.20. The number of hydrogen-bond acceptors (Lipinski definition) is 4. The molecule has 1 fully saturated rings. The van der Waals surface area contributed by atoms with Crippen LogP contribution in [0.2, 0.25) is 0 Å². The summed E-state index contributed by atoms with van der Waals surface area (Å²) in [7, 11) is 2.11. The first-order valence-electron chi connectivity index (χ1n) is 5.24. The Hall–Kier alpha value is -1.56. The molecule has 6 nitrogen and oxygen atoms in total. The number of halogens is 6. The maximum Gasteiger partial charge on any atom is 0.490 e. The molecule has 0 aromatic carbocycles. The number of likely N-dealkylation sites (N-methyl/N-ethyl adjacent to an activating group) is 1. The topological polar surface area (TPSA) is 104 Å². The summed E-state index contributed by atoms with van der Waals surface area (Å²) in [4.78, 5) is 20.1. The van der Waals surface area contributed by atoms with Crippen molar-refractivity contribution < 1.29 is 46.1 Å². The van der Waals surface area contributed by atoms with Crippen LogP contribution in [0.4, 0.5) is 26.3 Å². The highest BCUT2D eigenvalue weighted by Gasteiger charge is 2.38. The van der Waals surface area contributed by atoms with Crippen LogP contribution < -0.4 is 5.73 Å². The summed E-state index contributed by atoms with van der Waals surface area (Å²) in [5, 5.41) is 14.2. The number of alkyl halides is 6. The zero-order chi connectivity index (χ0) is 17.4. The Morgan fingerprint density at radius 1 is 1.10 bits per heavy atom. The molecule has 0 amide bonds. The number of hydrogen-bond donors (Lipinski definition) is 3. The summed E-state index contributed by atoms with van der Waals surface area (Å²) in [6, 6.07) is 0.694. The van der Waals surface area contributed by atoms with Crippen molar-refractivity contribution in [3.8, 4) is 0 Å². The number of aliphatic carboxylic acids is 2. The Kier molecular flexibility index (Phi) is 8.97. The maximum absolute atomic E-state index is 10.6. The van der Waals surface area contributed by atoms with Crippen molar-refractivity contribution in [1.29, 1.82) is 0 Å². The van der Waals surface area contributed by atoms with Crippen molar-refractivity contribution >= 4 is 11.9 Å². The van der Waals surface area contributed by atoms with E-state index in [4.69, 9.17) is 25.5 Å². The molecule has 21 heavy (non-hydrogen) atoms. The van der Waals surface area contributed by atoms with E-state index in [1.54, 1.807) is 0 Å². The number of rotatable bonds is 1. The zero-order valence-electron chi connectivity index (χ0n) is 10.7. The molecule has 0 saturated carbocycles. The van der Waals surface area contributed by atoms with E-state index in [1.807, 2.05) is 0 Å². The van der Waals surface area contributed by atoms with Gasteiger partial charge in [0.1, 0.15) is 0 Å². The second-order valence-corrected chi connectivity index (χ2v) is 3.76. The highest BCUT2D eigenvalue weighted by molar-refractivity contribution is 5.73. The molecular weight excluding hydrogens is 314 g/mol. The van der Waals surface area contributed by atoms with Crippen molar-refractivity contribution in [3.63, 3.8) is 0 Å². The molecule has 0 bridgehead atoms. The van der Waals surface area contributed by atoms with E-state index in [9.17, 15) is 26.3 Å². The number of carbonyl (C=O) groups is 2. The Labute approximate surface area is 115 Å². The van der Waals surface area contributed by atoms with Crippen molar-refractivity contribution in [2.24, 2.45) is 5.73 Å². The minimum Gasteiger partial charge on any atom is -0.475 e. The van der Waals surface area contributed by atoms with Crippen molar-refractivity contribution in [2.75, 3.05) is 20.1 Å². The molecule has 0 unspecified atom stereocenters. The van der Waals surface area contributed by atoms with Crippen LogP contribution in [0.15, 0.2) is 0 Å². The third kappa shape index (κ3) is 10.8. The van der Waals surface area contributed by atoms with Crippen molar-refractivity contribution in [2.45, 2.75) is 24.8 Å². The van der Waals surface area contributed by atoms with Gasteiger partial charge in [-0.25, -0.2) is 9.59 Å². The number of carboxylic acids is 2. The molecule has 1 rings (SSSR count). The van der Waals surface area contributed by atoms with Gasteiger partial charge in [-0.05, 0) is 20.0 Å². The molecule has 0 aromatic rings. The van der Waals surface area contributed by atoms with Gasteiger partial charge >= 0.3 is 24.3 Å². The van der Waals surface area contributed by atoms with Gasteiger partial charge in [0.05, 0.1) is 0 Å². The molecule has 0 aromatic heterocycles. The summed E-state index contributed by atoms with van der Waals surface area (Å²) in [5.41, 5.74) is 5.38. The summed E-state index contributed by atoms with van der Waals surface area (Å²) >= 11 is 0. The average molecular weight is 328 g/mol. The lowest BCUT2D eigenvalue weighted by Gasteiger charge is -2.36. The first kappa shape index (κ1) is 21.7. The molecule has 0 radical (unpaired) electrons. The van der Waals surface area contributed by atoms with Gasteiger partial charge in [-0.1, -0.05) is 0 Å². The molecule has 0 aliphatic carbocycles. The molecule has 1 aliphatic heterocycles. The predicted octanol–water partition coefficient (Wildman–Crippen LogP) is 0.916. The third-order valence-electron chi connectivity index (χ3n) is 2.20. The van der Waals surface area contributed by atoms with Gasteiger partial charge in [0.2, 0.25) is 0 Å². The Morgan fingerprint density at radius 3 is 1.38 bits per heavy atom. The predicted molar refractivity (Wildman–Crippen MR) is 57.5 cm³/mol. The first-order valence-corrected chi connectivity index (χ1v) is 5.24. The molecule has 126 valence electrons. The van der Waals surface area contributed by atoms with Crippen LogP contribution in [-0.2, 0) is 9.59 Å². The monoisotopic (exact) mass is 328 g/mol. The Balaban J connectivity index is 0. The van der Waals surface area contributed by atoms with Crippen LogP contribution in [0.3, 0.4) is 0 Å². The highest BCUT2D eigenvalue weighted by Crippen LogP contribution is 2.13. The summed E-state index contributed by atoms with van der Waals surface area (Å²) in [6.07, 6.45) is -8.87. The van der Waals surface area contributed by atoms with Crippen molar-refractivity contribution in [1.82, 2.24) is 4.90 Å². The fraction of sp³-hybridized carbons (Fsp3) is 0.778. The lowest BCUT2D eigenvalue weighted by atomic mass is 10.1. The lowest BCUT2D eigenvalue weighted by molar-refractivity contribution is -0.193. The smallest absolute Gasteiger partial charge is 0.475 e. The average Bonchev–Trinajstić information content (AvgIpc) is 2.26. The molecule has 0 spiro atoms. The first-order chi connectivity index (χ1) is 9.23. The summed E-state index contributed by atoms with van der Waals surface area (Å²) in [5.74, 6) is -5.51. The minimum absolute atomic E-state index is 0.694. The largest absolute Gasteiger partial charge is 0.490 e. The van der Waals surface area contributed by atoms with Crippen LogP contribution in [0.1, 0.15) is 6.42 Å². The van der Waals surface area contributed by atoms with E-state index in [2.05, 4.69) is 11.9 Å². The van der Waals surface area contributed by atoms with Gasteiger partial charge in [-0.2, -0.15) is 26.3 Å². The van der Waals surface area contributed by atoms with Crippen LogP contribution >= 0.6 is 0 Å². The molecule has 4 N–H and O–H groups in total. The number of nitrogens with zero attached hydrogens (tertiary/aromatic N) is 1. The summed E-state index contributed by atoms with van der Waals surface area (Å²) in [6.45, 7) is 2.07. The number of carboxylic acid groups (broad SMARTS) is 2. The van der Waals surface area contributed by atoms with Gasteiger partial charge < -0.3 is 20.8 Å². The van der Waals surface area contributed by atoms with Crippen LogP contribution in [-0.4, -0.2) is 65.6 Å². The molecular formula is C9H14F6N2O4. The van der Waals surface area contributed by atoms with Gasteiger partial charge in [0.15, 0.2) is 0 Å². The second kappa shape index (κ2) is 8.67. The van der Waals surface area contributed by atoms with E-state index in [0.717, 1.165) is 6.54 Å². The molecule has 12 heteroatoms. The van der Waals surface area contributed by atoms with Crippen LogP contribution in [0.5, 0.6) is 0 Å². The van der Waals surface area contributed by atoms with Crippen LogP contribution in [0.25, 0.3) is 0 Å². The minimum atomic E-state index is -5.08. The fourth-order valence-corrected chi connectivity index (χ4v) is 0.868. The SMILES string of the molecule is CN1CC[C@H]1CN.O=C(O)C(F)(F)F.O=C(O)C(F)(F)F. The van der Waals surface area contributed by atoms with E-state index >= 15 is 0 Å². The fourth-order valence-electron chi connectivity index (χ4n) is 0.868. The van der Waals surface area contributed by atoms with Gasteiger partial charge in [-0.3, -0.25) is 0 Å². The molecule has 1 heterocycles. The number of likely N-dealkylation sites (tertiary alicyclic amines) is 1. The summed E-state index contributed by atoms with van der Waals surface area (Å²) < 4.78 is 63.5. The quantitative estimate of drug-likeness (QED) is 0.618. The maximum atomic E-state index is 10.6. The van der Waals surface area contributed by atoms with Gasteiger partial charge in [-0.15, -0.1) is 0 Å². The van der Waals surface area contributed by atoms with E-state index in [0.29, 0.717) is 6.04 Å².